The first kappa shape index (κ1) is 14.5. The highest BCUT2D eigenvalue weighted by molar-refractivity contribution is 7.14. The van der Waals surface area contributed by atoms with Crippen molar-refractivity contribution in [1.82, 2.24) is 4.98 Å². The number of methoxy groups -OCH3 is 1. The van der Waals surface area contributed by atoms with Crippen molar-refractivity contribution in [3.8, 4) is 17.2 Å². The molecule has 1 aromatic heterocycles. The molecule has 116 valence electrons. The predicted molar refractivity (Wildman–Crippen MR) is 86.3 cm³/mol. The number of aromatic nitrogens is 1. The first-order chi connectivity index (χ1) is 10.8. The molecule has 3 N–H and O–H groups in total. The Kier molecular flexibility index (Phi) is 4.29. The average molecular weight is 320 g/mol. The summed E-state index contributed by atoms with van der Waals surface area (Å²) < 4.78 is 16.7. The van der Waals surface area contributed by atoms with Crippen molar-refractivity contribution in [3.05, 3.63) is 23.1 Å². The molecule has 0 bridgehead atoms. The van der Waals surface area contributed by atoms with Crippen molar-refractivity contribution in [2.75, 3.05) is 31.5 Å². The van der Waals surface area contributed by atoms with Crippen LogP contribution in [0.25, 0.3) is 0 Å². The molecule has 1 aliphatic rings. The number of rotatable bonds is 4. The molecule has 8 heteroatoms. The standard InChI is InChI=1S/C14H16N4O3S/c1-19-10-6-12-11(20-3-2-4-21-12)5-9(10)7-16-18-14-17-13(15)8-22-14/h5-8H,2-4,15H2,1H3,(H,17,18). The van der Waals surface area contributed by atoms with E-state index in [0.717, 1.165) is 12.0 Å². The summed E-state index contributed by atoms with van der Waals surface area (Å²) in [6.07, 6.45) is 2.50. The molecule has 0 saturated heterocycles. The van der Waals surface area contributed by atoms with Crippen molar-refractivity contribution >= 4 is 28.5 Å². The second kappa shape index (κ2) is 6.52. The van der Waals surface area contributed by atoms with E-state index in [2.05, 4.69) is 15.5 Å². The van der Waals surface area contributed by atoms with Gasteiger partial charge in [-0.1, -0.05) is 0 Å². The summed E-state index contributed by atoms with van der Waals surface area (Å²) in [6.45, 7) is 1.27. The molecular weight excluding hydrogens is 304 g/mol. The van der Waals surface area contributed by atoms with Gasteiger partial charge in [0.05, 0.1) is 26.5 Å². The van der Waals surface area contributed by atoms with Crippen LogP contribution in [-0.2, 0) is 0 Å². The van der Waals surface area contributed by atoms with Crippen LogP contribution in [0.3, 0.4) is 0 Å². The number of hydrogen-bond acceptors (Lipinski definition) is 8. The van der Waals surface area contributed by atoms with Crippen LogP contribution in [0, 0.1) is 0 Å². The number of nitrogen functional groups attached to an aromatic ring is 1. The van der Waals surface area contributed by atoms with Crippen LogP contribution in [0.5, 0.6) is 17.2 Å². The summed E-state index contributed by atoms with van der Waals surface area (Å²) in [5.74, 6) is 2.51. The molecule has 7 nitrogen and oxygen atoms in total. The zero-order valence-corrected chi connectivity index (χ0v) is 12.9. The van der Waals surface area contributed by atoms with E-state index >= 15 is 0 Å². The molecule has 0 fully saturated rings. The summed E-state index contributed by atoms with van der Waals surface area (Å²) in [5, 5.41) is 6.52. The predicted octanol–water partition coefficient (Wildman–Crippen LogP) is 2.34. The van der Waals surface area contributed by atoms with Gasteiger partial charge in [0.1, 0.15) is 11.6 Å². The number of nitrogens with zero attached hydrogens (tertiary/aromatic N) is 2. The maximum atomic E-state index is 5.67. The molecule has 0 amide bonds. The van der Waals surface area contributed by atoms with Gasteiger partial charge < -0.3 is 19.9 Å². The topological polar surface area (TPSA) is 91.0 Å². The van der Waals surface area contributed by atoms with Crippen molar-refractivity contribution in [3.63, 3.8) is 0 Å². The van der Waals surface area contributed by atoms with Gasteiger partial charge >= 0.3 is 0 Å². The van der Waals surface area contributed by atoms with Crippen molar-refractivity contribution in [2.45, 2.75) is 6.42 Å². The van der Waals surface area contributed by atoms with Gasteiger partial charge in [-0.05, 0) is 6.07 Å². The lowest BCUT2D eigenvalue weighted by molar-refractivity contribution is 0.296. The Morgan fingerprint density at radius 2 is 2.14 bits per heavy atom. The summed E-state index contributed by atoms with van der Waals surface area (Å²) in [5.41, 5.74) is 9.16. The van der Waals surface area contributed by atoms with E-state index in [9.17, 15) is 0 Å². The van der Waals surface area contributed by atoms with Crippen LogP contribution in [0.4, 0.5) is 10.9 Å². The molecule has 2 aromatic rings. The van der Waals surface area contributed by atoms with Gasteiger partial charge in [0, 0.05) is 23.4 Å². The van der Waals surface area contributed by atoms with E-state index < -0.39 is 0 Å². The number of anilines is 2. The monoisotopic (exact) mass is 320 g/mol. The minimum absolute atomic E-state index is 0.468. The van der Waals surface area contributed by atoms with Crippen LogP contribution in [0.15, 0.2) is 22.6 Å². The molecule has 2 heterocycles. The summed E-state index contributed by atoms with van der Waals surface area (Å²) >= 11 is 1.38. The number of thiazole rings is 1. The number of nitrogens with one attached hydrogen (secondary N) is 1. The second-order valence-corrected chi connectivity index (χ2v) is 5.40. The van der Waals surface area contributed by atoms with Gasteiger partial charge in [-0.25, -0.2) is 4.98 Å². The number of hydrazone groups is 1. The Morgan fingerprint density at radius 1 is 1.36 bits per heavy atom. The smallest absolute Gasteiger partial charge is 0.205 e. The summed E-state index contributed by atoms with van der Waals surface area (Å²) in [6, 6.07) is 3.66. The van der Waals surface area contributed by atoms with E-state index in [1.54, 1.807) is 18.7 Å². The van der Waals surface area contributed by atoms with Gasteiger partial charge in [-0.15, -0.1) is 11.3 Å². The lowest BCUT2D eigenvalue weighted by Crippen LogP contribution is -1.98. The van der Waals surface area contributed by atoms with Gasteiger partial charge in [0.25, 0.3) is 0 Å². The third-order valence-corrected chi connectivity index (χ3v) is 3.75. The van der Waals surface area contributed by atoms with E-state index in [0.29, 0.717) is 41.4 Å². The van der Waals surface area contributed by atoms with Gasteiger partial charge in [-0.3, -0.25) is 5.43 Å². The highest BCUT2D eigenvalue weighted by atomic mass is 32.1. The maximum Gasteiger partial charge on any atom is 0.205 e. The average Bonchev–Trinajstić information content (AvgIpc) is 2.80. The van der Waals surface area contributed by atoms with E-state index in [4.69, 9.17) is 19.9 Å². The molecule has 1 aliphatic heterocycles. The molecule has 0 unspecified atom stereocenters. The second-order valence-electron chi connectivity index (χ2n) is 4.54. The van der Waals surface area contributed by atoms with Crippen LogP contribution in [0.1, 0.15) is 12.0 Å². The first-order valence-corrected chi connectivity index (χ1v) is 7.62. The highest BCUT2D eigenvalue weighted by Crippen LogP contribution is 2.35. The number of fused-ring (bicyclic) bond motifs is 1. The minimum Gasteiger partial charge on any atom is -0.496 e. The fourth-order valence-electron chi connectivity index (χ4n) is 1.98. The molecule has 3 rings (SSSR count). The molecule has 0 aliphatic carbocycles. The third kappa shape index (κ3) is 3.22. The van der Waals surface area contributed by atoms with Crippen LogP contribution in [0.2, 0.25) is 0 Å². The lowest BCUT2D eigenvalue weighted by atomic mass is 10.2. The number of benzene rings is 1. The fraction of sp³-hybridized carbons (Fsp3) is 0.286. The van der Waals surface area contributed by atoms with Crippen LogP contribution in [-0.4, -0.2) is 31.5 Å². The van der Waals surface area contributed by atoms with Gasteiger partial charge in [0.2, 0.25) is 5.13 Å². The molecule has 0 atom stereocenters. The Morgan fingerprint density at radius 3 is 2.82 bits per heavy atom. The summed E-state index contributed by atoms with van der Waals surface area (Å²) in [7, 11) is 1.60. The SMILES string of the molecule is COc1cc2c(cc1C=NNc1nc(N)cs1)OCCCO2. The molecule has 0 spiro atoms. The normalized spacial score (nSPS) is 13.9. The fourth-order valence-corrected chi connectivity index (χ4v) is 2.53. The number of hydrogen-bond donors (Lipinski definition) is 2. The Hall–Kier alpha value is -2.48. The summed E-state index contributed by atoms with van der Waals surface area (Å²) in [4.78, 5) is 4.06. The zero-order valence-electron chi connectivity index (χ0n) is 12.0. The van der Waals surface area contributed by atoms with Crippen molar-refractivity contribution in [2.24, 2.45) is 5.10 Å². The van der Waals surface area contributed by atoms with Gasteiger partial charge in [0.15, 0.2) is 11.5 Å². The quantitative estimate of drug-likeness (QED) is 0.664. The lowest BCUT2D eigenvalue weighted by Gasteiger charge is -2.11. The Labute approximate surface area is 131 Å². The van der Waals surface area contributed by atoms with Crippen LogP contribution >= 0.6 is 11.3 Å². The van der Waals surface area contributed by atoms with Crippen LogP contribution < -0.4 is 25.4 Å². The zero-order chi connectivity index (χ0) is 15.4. The highest BCUT2D eigenvalue weighted by Gasteiger charge is 2.14. The molecule has 0 radical (unpaired) electrons. The molecule has 0 saturated carbocycles. The van der Waals surface area contributed by atoms with Crippen molar-refractivity contribution < 1.29 is 14.2 Å². The molecule has 22 heavy (non-hydrogen) atoms. The maximum absolute atomic E-state index is 5.67. The van der Waals surface area contributed by atoms with Gasteiger partial charge in [-0.2, -0.15) is 5.10 Å². The first-order valence-electron chi connectivity index (χ1n) is 6.74. The third-order valence-electron chi connectivity index (χ3n) is 2.99. The minimum atomic E-state index is 0.468. The Bertz CT molecular complexity index is 687. The van der Waals surface area contributed by atoms with E-state index in [-0.39, 0.29) is 0 Å². The Balaban J connectivity index is 1.81. The number of ether oxygens (including phenoxy) is 3. The van der Waals surface area contributed by atoms with E-state index in [1.165, 1.54) is 11.3 Å². The number of nitrogens with two attached hydrogens (primary N) is 1. The largest absolute Gasteiger partial charge is 0.496 e. The van der Waals surface area contributed by atoms with Crippen molar-refractivity contribution in [1.29, 1.82) is 0 Å². The van der Waals surface area contributed by atoms with E-state index in [1.807, 2.05) is 12.1 Å². The molecule has 1 aromatic carbocycles. The molecular formula is C14H16N4O3S.